The van der Waals surface area contributed by atoms with Crippen LogP contribution in [0.4, 0.5) is 0 Å². The molecule has 24 heavy (non-hydrogen) atoms. The summed E-state index contributed by atoms with van der Waals surface area (Å²) in [5, 5.41) is 4.49. The van der Waals surface area contributed by atoms with E-state index in [-0.39, 0.29) is 0 Å². The lowest BCUT2D eigenvalue weighted by Gasteiger charge is -2.28. The van der Waals surface area contributed by atoms with Crippen molar-refractivity contribution in [2.24, 2.45) is 5.92 Å². The van der Waals surface area contributed by atoms with Crippen LogP contribution in [0.5, 0.6) is 0 Å². The molecule has 1 saturated heterocycles. The SMILES string of the molecule is c1ccc(COCC2CN(C3CCOC3)Cc3ccnn3C2)nc1. The highest BCUT2D eigenvalue weighted by Crippen LogP contribution is 2.22. The molecule has 0 bridgehead atoms. The maximum absolute atomic E-state index is 5.96. The van der Waals surface area contributed by atoms with Crippen molar-refractivity contribution in [3.8, 4) is 0 Å². The topological polar surface area (TPSA) is 52.4 Å². The first-order valence-electron chi connectivity index (χ1n) is 8.68. The molecule has 0 N–H and O–H groups in total. The number of rotatable bonds is 5. The fourth-order valence-electron chi connectivity index (χ4n) is 3.57. The van der Waals surface area contributed by atoms with Gasteiger partial charge < -0.3 is 9.47 Å². The van der Waals surface area contributed by atoms with Crippen LogP contribution < -0.4 is 0 Å². The Morgan fingerprint density at radius 2 is 2.21 bits per heavy atom. The molecule has 2 aromatic rings. The van der Waals surface area contributed by atoms with Gasteiger partial charge in [0.05, 0.1) is 31.2 Å². The summed E-state index contributed by atoms with van der Waals surface area (Å²) in [6.45, 7) is 5.89. The minimum absolute atomic E-state index is 0.426. The summed E-state index contributed by atoms with van der Waals surface area (Å²) in [4.78, 5) is 6.86. The monoisotopic (exact) mass is 328 g/mol. The van der Waals surface area contributed by atoms with Crippen LogP contribution >= 0.6 is 0 Å². The maximum Gasteiger partial charge on any atom is 0.0887 e. The fourth-order valence-corrected chi connectivity index (χ4v) is 3.57. The Kier molecular flexibility index (Phi) is 4.87. The highest BCUT2D eigenvalue weighted by atomic mass is 16.5. The number of aromatic nitrogens is 3. The van der Waals surface area contributed by atoms with Gasteiger partial charge >= 0.3 is 0 Å². The van der Waals surface area contributed by atoms with Gasteiger partial charge in [-0.1, -0.05) is 6.07 Å². The van der Waals surface area contributed by atoms with E-state index in [1.807, 2.05) is 30.6 Å². The van der Waals surface area contributed by atoms with E-state index in [1.54, 1.807) is 0 Å². The van der Waals surface area contributed by atoms with Crippen molar-refractivity contribution in [2.75, 3.05) is 26.4 Å². The minimum Gasteiger partial charge on any atom is -0.380 e. The molecule has 2 unspecified atom stereocenters. The second-order valence-corrected chi connectivity index (χ2v) is 6.65. The predicted octanol–water partition coefficient (Wildman–Crippen LogP) is 1.72. The van der Waals surface area contributed by atoms with Gasteiger partial charge in [-0.05, 0) is 24.6 Å². The first-order valence-corrected chi connectivity index (χ1v) is 8.68. The smallest absolute Gasteiger partial charge is 0.0887 e. The van der Waals surface area contributed by atoms with E-state index in [2.05, 4.69) is 25.7 Å². The molecule has 0 amide bonds. The van der Waals surface area contributed by atoms with Crippen LogP contribution in [0, 0.1) is 5.92 Å². The van der Waals surface area contributed by atoms with Gasteiger partial charge in [0.2, 0.25) is 0 Å². The Labute approximate surface area is 142 Å². The molecule has 2 aliphatic heterocycles. The van der Waals surface area contributed by atoms with Gasteiger partial charge in [0, 0.05) is 50.6 Å². The van der Waals surface area contributed by atoms with Gasteiger partial charge in [-0.2, -0.15) is 5.10 Å². The maximum atomic E-state index is 5.96. The van der Waals surface area contributed by atoms with Gasteiger partial charge in [0.15, 0.2) is 0 Å². The molecule has 0 spiro atoms. The highest BCUT2D eigenvalue weighted by molar-refractivity contribution is 5.04. The Balaban J connectivity index is 1.39. The molecular weight excluding hydrogens is 304 g/mol. The average Bonchev–Trinajstić information content (AvgIpc) is 3.25. The third kappa shape index (κ3) is 3.66. The molecule has 2 aliphatic rings. The Morgan fingerprint density at radius 3 is 3.04 bits per heavy atom. The third-order valence-corrected chi connectivity index (χ3v) is 4.85. The molecule has 4 rings (SSSR count). The van der Waals surface area contributed by atoms with Crippen LogP contribution in [-0.4, -0.2) is 52.1 Å². The van der Waals surface area contributed by atoms with Crippen LogP contribution in [0.2, 0.25) is 0 Å². The summed E-state index contributed by atoms with van der Waals surface area (Å²) >= 11 is 0. The van der Waals surface area contributed by atoms with Crippen molar-refractivity contribution in [3.05, 3.63) is 48.0 Å². The highest BCUT2D eigenvalue weighted by Gasteiger charge is 2.29. The summed E-state index contributed by atoms with van der Waals surface area (Å²) in [5.41, 5.74) is 2.26. The van der Waals surface area contributed by atoms with Gasteiger partial charge in [0.1, 0.15) is 0 Å². The predicted molar refractivity (Wildman–Crippen MR) is 89.2 cm³/mol. The van der Waals surface area contributed by atoms with Crippen LogP contribution in [0.15, 0.2) is 36.7 Å². The summed E-state index contributed by atoms with van der Waals surface area (Å²) in [6, 6.07) is 8.57. The lowest BCUT2D eigenvalue weighted by molar-refractivity contribution is 0.0546. The summed E-state index contributed by atoms with van der Waals surface area (Å²) in [7, 11) is 0. The van der Waals surface area contributed by atoms with Gasteiger partial charge in [0.25, 0.3) is 0 Å². The van der Waals surface area contributed by atoms with Crippen molar-refractivity contribution in [1.29, 1.82) is 0 Å². The van der Waals surface area contributed by atoms with E-state index in [9.17, 15) is 0 Å². The van der Waals surface area contributed by atoms with Crippen LogP contribution in [0.25, 0.3) is 0 Å². The lowest BCUT2D eigenvalue weighted by atomic mass is 10.1. The number of fused-ring (bicyclic) bond motifs is 1. The molecule has 4 heterocycles. The van der Waals surface area contributed by atoms with E-state index in [1.165, 1.54) is 5.69 Å². The molecule has 0 aromatic carbocycles. The molecule has 2 atom stereocenters. The second kappa shape index (κ2) is 7.42. The normalized spacial score (nSPS) is 24.7. The van der Waals surface area contributed by atoms with Gasteiger partial charge in [-0.3, -0.25) is 14.6 Å². The van der Waals surface area contributed by atoms with E-state index >= 15 is 0 Å². The van der Waals surface area contributed by atoms with Crippen molar-refractivity contribution in [1.82, 2.24) is 19.7 Å². The molecule has 0 saturated carbocycles. The van der Waals surface area contributed by atoms with Gasteiger partial charge in [-0.25, -0.2) is 0 Å². The summed E-state index contributed by atoms with van der Waals surface area (Å²) < 4.78 is 13.7. The van der Waals surface area contributed by atoms with E-state index in [4.69, 9.17) is 9.47 Å². The average molecular weight is 328 g/mol. The number of hydrogen-bond acceptors (Lipinski definition) is 5. The van der Waals surface area contributed by atoms with Crippen LogP contribution in [0.1, 0.15) is 17.8 Å². The largest absolute Gasteiger partial charge is 0.380 e. The Hall–Kier alpha value is -1.76. The second-order valence-electron chi connectivity index (χ2n) is 6.65. The Morgan fingerprint density at radius 1 is 1.21 bits per heavy atom. The zero-order valence-corrected chi connectivity index (χ0v) is 13.9. The third-order valence-electron chi connectivity index (χ3n) is 4.85. The molecule has 2 aromatic heterocycles. The first kappa shape index (κ1) is 15.7. The summed E-state index contributed by atoms with van der Waals surface area (Å²) in [6.07, 6.45) is 4.83. The molecule has 6 heteroatoms. The molecule has 0 aliphatic carbocycles. The number of nitrogens with zero attached hydrogens (tertiary/aromatic N) is 4. The molecular formula is C18H24N4O2. The van der Waals surface area contributed by atoms with Crippen molar-refractivity contribution in [3.63, 3.8) is 0 Å². The summed E-state index contributed by atoms with van der Waals surface area (Å²) in [5.74, 6) is 0.426. The van der Waals surface area contributed by atoms with Crippen LogP contribution in [0.3, 0.4) is 0 Å². The lowest BCUT2D eigenvalue weighted by Crippen LogP contribution is -2.38. The number of pyridine rings is 1. The van der Waals surface area contributed by atoms with E-state index in [0.717, 1.165) is 51.6 Å². The standard InChI is InChI=1S/C18H24N4O2/c1-2-6-19-16(3-1)13-24-12-15-9-21(18-5-8-23-14-18)11-17-4-7-20-22(17)10-15/h1-4,6-7,15,18H,5,8-14H2. The Bertz CT molecular complexity index is 639. The quantitative estimate of drug-likeness (QED) is 0.836. The van der Waals surface area contributed by atoms with Crippen molar-refractivity contribution < 1.29 is 9.47 Å². The zero-order valence-electron chi connectivity index (χ0n) is 13.9. The van der Waals surface area contributed by atoms with Crippen molar-refractivity contribution in [2.45, 2.75) is 32.2 Å². The molecule has 6 nitrogen and oxygen atoms in total. The number of ether oxygens (including phenoxy) is 2. The van der Waals surface area contributed by atoms with E-state index < -0.39 is 0 Å². The molecule has 1 fully saturated rings. The minimum atomic E-state index is 0.426. The molecule has 0 radical (unpaired) electrons. The number of hydrogen-bond donors (Lipinski definition) is 0. The molecule has 128 valence electrons. The zero-order chi connectivity index (χ0) is 16.2. The van der Waals surface area contributed by atoms with Gasteiger partial charge in [-0.15, -0.1) is 0 Å². The fraction of sp³-hybridized carbons (Fsp3) is 0.556. The first-order chi connectivity index (χ1) is 11.9. The van der Waals surface area contributed by atoms with E-state index in [0.29, 0.717) is 18.6 Å². The van der Waals surface area contributed by atoms with Crippen LogP contribution in [-0.2, 0) is 29.2 Å². The van der Waals surface area contributed by atoms with Crippen molar-refractivity contribution >= 4 is 0 Å².